The molecule has 39 heavy (non-hydrogen) atoms. The number of aromatic nitrogens is 4. The number of para-hydroxylation sites is 2. The van der Waals surface area contributed by atoms with Crippen molar-refractivity contribution in [1.82, 2.24) is 19.6 Å². The Balaban J connectivity index is 0.000000168. The summed E-state index contributed by atoms with van der Waals surface area (Å²) in [4.78, 5) is 0. The first kappa shape index (κ1) is 28.5. The van der Waals surface area contributed by atoms with Crippen LogP contribution in [0.2, 0.25) is 0 Å². The molecule has 4 nitrogen and oxygen atoms in total. The van der Waals surface area contributed by atoms with Crippen LogP contribution in [0.4, 0.5) is 0 Å². The van der Waals surface area contributed by atoms with Gasteiger partial charge in [-0.1, -0.05) is 48.5 Å². The minimum Gasteiger partial charge on any atom is -1.00 e. The van der Waals surface area contributed by atoms with E-state index in [0.717, 1.165) is 22.4 Å². The number of rotatable bonds is 2. The molecule has 0 saturated heterocycles. The molecule has 0 atom stereocenters. The molecule has 188 valence electrons. The summed E-state index contributed by atoms with van der Waals surface area (Å²) in [6.45, 7) is 0. The molecule has 0 N–H and O–H groups in total. The third-order valence-corrected chi connectivity index (χ3v) is 6.65. The summed E-state index contributed by atoms with van der Waals surface area (Å²) in [7, 11) is 0. The predicted molar refractivity (Wildman–Crippen MR) is 148 cm³/mol. The second-order valence-electron chi connectivity index (χ2n) is 8.92. The van der Waals surface area contributed by atoms with Crippen molar-refractivity contribution in [3.05, 3.63) is 134 Å². The Morgan fingerprint density at radius 2 is 0.821 bits per heavy atom. The number of benzene rings is 4. The van der Waals surface area contributed by atoms with Gasteiger partial charge in [-0.15, -0.1) is 82.2 Å². The molecule has 0 spiro atoms. The fourth-order valence-electron chi connectivity index (χ4n) is 4.87. The average molecular weight is 712 g/mol. The predicted octanol–water partition coefficient (Wildman–Crippen LogP) is 1.80. The van der Waals surface area contributed by atoms with Gasteiger partial charge in [-0.3, -0.25) is 9.36 Å². The van der Waals surface area contributed by atoms with Gasteiger partial charge in [-0.25, -0.2) is 0 Å². The molecule has 2 heterocycles. The minimum absolute atomic E-state index is 0. The van der Waals surface area contributed by atoms with Crippen molar-refractivity contribution < 1.29 is 50.7 Å². The van der Waals surface area contributed by atoms with E-state index in [0.29, 0.717) is 0 Å². The Kier molecular flexibility index (Phi) is 8.86. The standard InChI is InChI=1S/2C16H11N2.2ClH.Hf/c2*1-2-6-13-10-15(9-12(13)5-1)18-16-8-4-3-7-14(16)11-17-18;;;/h2*1-11H;2*1H;/q2*-1;;;+4/p-2. The topological polar surface area (TPSA) is 35.6 Å². The maximum atomic E-state index is 4.48. The number of fused-ring (bicyclic) bond motifs is 4. The minimum atomic E-state index is 0. The van der Waals surface area contributed by atoms with Crippen LogP contribution in [0, 0.1) is 0 Å². The molecule has 6 aromatic carbocycles. The summed E-state index contributed by atoms with van der Waals surface area (Å²) < 4.78 is 3.99. The van der Waals surface area contributed by atoms with E-state index in [4.69, 9.17) is 0 Å². The van der Waals surface area contributed by atoms with Crippen LogP contribution >= 0.6 is 0 Å². The van der Waals surface area contributed by atoms with Crippen LogP contribution in [0.25, 0.3) is 54.7 Å². The Labute approximate surface area is 257 Å². The Bertz CT molecular complexity index is 1770. The van der Waals surface area contributed by atoms with E-state index < -0.39 is 0 Å². The maximum absolute atomic E-state index is 4.48. The van der Waals surface area contributed by atoms with Crippen LogP contribution < -0.4 is 24.8 Å². The van der Waals surface area contributed by atoms with Gasteiger partial charge in [0.15, 0.2) is 0 Å². The van der Waals surface area contributed by atoms with Crippen LogP contribution in [0.15, 0.2) is 134 Å². The zero-order valence-corrected chi connectivity index (χ0v) is 25.9. The van der Waals surface area contributed by atoms with E-state index in [9.17, 15) is 0 Å². The van der Waals surface area contributed by atoms with Gasteiger partial charge in [0, 0.05) is 10.8 Å². The van der Waals surface area contributed by atoms with Crippen molar-refractivity contribution in [2.45, 2.75) is 0 Å². The van der Waals surface area contributed by atoms with Crippen molar-refractivity contribution in [3.8, 4) is 11.4 Å². The SMILES string of the molecule is [Cl-].[Cl-].[Hf+4].c1ccc2[cH-]c(-n3ncc4ccccc43)cc2c1.c1ccc2[cH-]c(-n3ncc4ccccc43)cc2c1. The molecule has 0 saturated carbocycles. The quantitative estimate of drug-likeness (QED) is 0.203. The molecule has 0 aliphatic rings. The molecule has 0 fully saturated rings. The van der Waals surface area contributed by atoms with Gasteiger partial charge in [0.1, 0.15) is 0 Å². The van der Waals surface area contributed by atoms with Gasteiger partial charge < -0.3 is 24.8 Å². The third kappa shape index (κ3) is 5.35. The number of nitrogens with zero attached hydrogens (tertiary/aromatic N) is 4. The molecule has 8 rings (SSSR count). The molecule has 8 aromatic rings. The summed E-state index contributed by atoms with van der Waals surface area (Å²) >= 11 is 0. The summed E-state index contributed by atoms with van der Waals surface area (Å²) in [6.07, 6.45) is 3.82. The van der Waals surface area contributed by atoms with E-state index in [-0.39, 0.29) is 50.7 Å². The molecule has 0 aliphatic carbocycles. The van der Waals surface area contributed by atoms with Crippen molar-refractivity contribution in [2.24, 2.45) is 0 Å². The monoisotopic (exact) mass is 712 g/mol. The summed E-state index contributed by atoms with van der Waals surface area (Å²) in [5.74, 6) is 0. The van der Waals surface area contributed by atoms with E-state index in [1.165, 1.54) is 32.3 Å². The van der Waals surface area contributed by atoms with Crippen molar-refractivity contribution in [3.63, 3.8) is 0 Å². The largest absolute Gasteiger partial charge is 4.00 e. The molecule has 2 aromatic heterocycles. The molecule has 0 bridgehead atoms. The normalized spacial score (nSPS) is 10.5. The molecule has 0 unspecified atom stereocenters. The Hall–Kier alpha value is -3.51. The van der Waals surface area contributed by atoms with E-state index in [1.807, 2.05) is 46.0 Å². The molecule has 0 aliphatic heterocycles. The fraction of sp³-hybridized carbons (Fsp3) is 0. The van der Waals surface area contributed by atoms with E-state index in [2.05, 4.69) is 107 Å². The zero-order valence-electron chi connectivity index (χ0n) is 20.7. The van der Waals surface area contributed by atoms with Crippen molar-refractivity contribution >= 4 is 43.4 Å². The van der Waals surface area contributed by atoms with Gasteiger partial charge in [-0.05, 0) is 23.5 Å². The van der Waals surface area contributed by atoms with Gasteiger partial charge in [0.25, 0.3) is 0 Å². The molecule has 0 amide bonds. The van der Waals surface area contributed by atoms with Crippen LogP contribution in [0.5, 0.6) is 0 Å². The third-order valence-electron chi connectivity index (χ3n) is 6.65. The second-order valence-corrected chi connectivity index (χ2v) is 8.92. The Morgan fingerprint density at radius 3 is 1.23 bits per heavy atom. The van der Waals surface area contributed by atoms with Gasteiger partial charge >= 0.3 is 25.8 Å². The number of hydrogen-bond donors (Lipinski definition) is 0. The molecule has 7 heteroatoms. The summed E-state index contributed by atoms with van der Waals surface area (Å²) in [5.41, 5.74) is 4.54. The smallest absolute Gasteiger partial charge is 1.00 e. The number of hydrogen-bond acceptors (Lipinski definition) is 2. The second kappa shape index (κ2) is 12.1. The van der Waals surface area contributed by atoms with Crippen molar-refractivity contribution in [1.29, 1.82) is 0 Å². The summed E-state index contributed by atoms with van der Waals surface area (Å²) in [6, 6.07) is 42.0. The average Bonchev–Trinajstić information content (AvgIpc) is 3.71. The van der Waals surface area contributed by atoms with Crippen LogP contribution in [-0.2, 0) is 25.8 Å². The first-order valence-corrected chi connectivity index (χ1v) is 12.0. The summed E-state index contributed by atoms with van der Waals surface area (Å²) in [5, 5.41) is 16.3. The number of halogens is 2. The molecular formula is C32H22Cl2HfN4. The zero-order chi connectivity index (χ0) is 23.9. The Morgan fingerprint density at radius 1 is 0.462 bits per heavy atom. The van der Waals surface area contributed by atoms with Crippen molar-refractivity contribution in [2.75, 3.05) is 0 Å². The van der Waals surface area contributed by atoms with Gasteiger partial charge in [-0.2, -0.15) is 10.2 Å². The first-order valence-electron chi connectivity index (χ1n) is 12.0. The first-order chi connectivity index (χ1) is 17.8. The van der Waals surface area contributed by atoms with Crippen LogP contribution in [0.3, 0.4) is 0 Å². The van der Waals surface area contributed by atoms with E-state index in [1.54, 1.807) is 0 Å². The van der Waals surface area contributed by atoms with E-state index >= 15 is 0 Å². The molecule has 0 radical (unpaired) electrons. The van der Waals surface area contributed by atoms with Gasteiger partial charge in [0.2, 0.25) is 0 Å². The maximum Gasteiger partial charge on any atom is 4.00 e. The molecular weight excluding hydrogens is 690 g/mol. The van der Waals surface area contributed by atoms with Crippen LogP contribution in [-0.4, -0.2) is 19.6 Å². The fourth-order valence-corrected chi connectivity index (χ4v) is 4.87. The van der Waals surface area contributed by atoms with Gasteiger partial charge in [0.05, 0.1) is 23.4 Å². The van der Waals surface area contributed by atoms with Crippen LogP contribution in [0.1, 0.15) is 0 Å².